The number of nitrogens with zero attached hydrogens (tertiary/aromatic N) is 5. The van der Waals surface area contributed by atoms with Crippen LogP contribution >= 0.6 is 15.9 Å². The summed E-state index contributed by atoms with van der Waals surface area (Å²) in [6, 6.07) is 6.09. The summed E-state index contributed by atoms with van der Waals surface area (Å²) in [6.07, 6.45) is 3.75. The van der Waals surface area contributed by atoms with Gasteiger partial charge in [0.1, 0.15) is 11.9 Å². The van der Waals surface area contributed by atoms with Crippen LogP contribution in [0.25, 0.3) is 16.9 Å². The van der Waals surface area contributed by atoms with Gasteiger partial charge in [-0.25, -0.2) is 19.2 Å². The minimum Gasteiger partial charge on any atom is -0.465 e. The summed E-state index contributed by atoms with van der Waals surface area (Å²) in [6.45, 7) is 1.24. The monoisotopic (exact) mass is 458 g/mol. The molecule has 4 rings (SSSR count). The first kappa shape index (κ1) is 19.1. The number of halogens is 2. The Labute approximate surface area is 173 Å². The zero-order valence-electron chi connectivity index (χ0n) is 15.1. The second kappa shape index (κ2) is 7.67. The van der Waals surface area contributed by atoms with Crippen LogP contribution < -0.4 is 10.2 Å². The molecule has 1 aliphatic heterocycles. The van der Waals surface area contributed by atoms with Crippen molar-refractivity contribution in [3.05, 3.63) is 46.4 Å². The van der Waals surface area contributed by atoms with Gasteiger partial charge in [0, 0.05) is 37.1 Å². The van der Waals surface area contributed by atoms with Crippen molar-refractivity contribution >= 4 is 33.6 Å². The second-order valence-electron chi connectivity index (χ2n) is 6.71. The van der Waals surface area contributed by atoms with E-state index in [0.29, 0.717) is 53.3 Å². The van der Waals surface area contributed by atoms with E-state index in [0.717, 1.165) is 0 Å². The summed E-state index contributed by atoms with van der Waals surface area (Å²) < 4.78 is 16.6. The van der Waals surface area contributed by atoms with E-state index in [1.807, 2.05) is 10.5 Å². The fourth-order valence-electron chi connectivity index (χ4n) is 3.50. The van der Waals surface area contributed by atoms with Crippen LogP contribution in [-0.2, 0) is 0 Å². The van der Waals surface area contributed by atoms with Crippen LogP contribution in [0.4, 0.5) is 15.1 Å². The number of carboxylic acid groups (broad SMARTS) is 1. The number of rotatable bonds is 3. The molecule has 2 N–H and O–H groups in total. The zero-order chi connectivity index (χ0) is 20.5. The molecule has 0 unspecified atom stereocenters. The lowest BCUT2D eigenvalue weighted by Gasteiger charge is -2.33. The molecule has 0 atom stereocenters. The molecule has 0 radical (unpaired) electrons. The van der Waals surface area contributed by atoms with Crippen LogP contribution in [0.5, 0.6) is 0 Å². The zero-order valence-corrected chi connectivity index (χ0v) is 16.7. The number of aromatic nitrogens is 3. The highest BCUT2D eigenvalue weighted by Crippen LogP contribution is 2.33. The van der Waals surface area contributed by atoms with Gasteiger partial charge >= 0.3 is 6.09 Å². The van der Waals surface area contributed by atoms with E-state index < -0.39 is 11.9 Å². The number of nitriles is 1. The van der Waals surface area contributed by atoms with Crippen molar-refractivity contribution in [2.24, 2.45) is 0 Å². The fraction of sp³-hybridized carbons (Fsp3) is 0.263. The van der Waals surface area contributed by atoms with E-state index >= 15 is 0 Å². The van der Waals surface area contributed by atoms with Gasteiger partial charge in [-0.05, 0) is 40.9 Å². The van der Waals surface area contributed by atoms with E-state index in [1.54, 1.807) is 18.5 Å². The molecule has 0 saturated carbocycles. The van der Waals surface area contributed by atoms with Gasteiger partial charge in [-0.2, -0.15) is 5.26 Å². The number of nitrogens with one attached hydrogen (secondary N) is 1. The van der Waals surface area contributed by atoms with Gasteiger partial charge in [0.25, 0.3) is 0 Å². The molecule has 29 heavy (non-hydrogen) atoms. The Morgan fingerprint density at radius 1 is 1.38 bits per heavy atom. The molecular formula is C19H16BrFN6O2. The largest absolute Gasteiger partial charge is 0.465 e. The molecule has 148 valence electrons. The number of anilines is 1. The van der Waals surface area contributed by atoms with Crippen molar-refractivity contribution in [3.63, 3.8) is 0 Å². The maximum atomic E-state index is 14.2. The Balaban J connectivity index is 1.73. The van der Waals surface area contributed by atoms with Crippen LogP contribution in [0.3, 0.4) is 0 Å². The minimum atomic E-state index is -1.02. The third kappa shape index (κ3) is 3.61. The molecular weight excluding hydrogens is 443 g/mol. The van der Waals surface area contributed by atoms with Crippen LogP contribution in [0.2, 0.25) is 0 Å². The maximum Gasteiger partial charge on any atom is 0.404 e. The Morgan fingerprint density at radius 3 is 2.79 bits per heavy atom. The van der Waals surface area contributed by atoms with Gasteiger partial charge in [0.2, 0.25) is 5.95 Å². The highest BCUT2D eigenvalue weighted by molar-refractivity contribution is 9.10. The molecule has 1 saturated heterocycles. The molecule has 1 aliphatic rings. The Hall–Kier alpha value is -3.19. The van der Waals surface area contributed by atoms with Gasteiger partial charge in [-0.15, -0.1) is 0 Å². The van der Waals surface area contributed by atoms with Gasteiger partial charge in [0.05, 0.1) is 15.7 Å². The first-order valence-electron chi connectivity index (χ1n) is 8.95. The second-order valence-corrected chi connectivity index (χ2v) is 7.51. The molecule has 3 heterocycles. The Bertz CT molecular complexity index is 1130. The summed E-state index contributed by atoms with van der Waals surface area (Å²) in [5, 5.41) is 20.4. The van der Waals surface area contributed by atoms with Crippen molar-refractivity contribution in [3.8, 4) is 17.3 Å². The first-order chi connectivity index (χ1) is 14.0. The number of amides is 1. The number of carbonyl (C=O) groups is 1. The Morgan fingerprint density at radius 2 is 2.14 bits per heavy atom. The number of fused-ring (bicyclic) bond motifs is 1. The number of imidazole rings is 1. The molecule has 2 aromatic heterocycles. The number of benzene rings is 1. The summed E-state index contributed by atoms with van der Waals surface area (Å²) in [7, 11) is 0. The average Bonchev–Trinajstić information content (AvgIpc) is 3.19. The van der Waals surface area contributed by atoms with Gasteiger partial charge in [0.15, 0.2) is 5.65 Å². The molecule has 8 nitrogen and oxygen atoms in total. The van der Waals surface area contributed by atoms with Crippen molar-refractivity contribution in [1.29, 1.82) is 5.26 Å². The van der Waals surface area contributed by atoms with Crippen LogP contribution in [0, 0.1) is 17.1 Å². The molecule has 0 spiro atoms. The Kier molecular flexibility index (Phi) is 5.07. The van der Waals surface area contributed by atoms with Gasteiger partial charge < -0.3 is 15.3 Å². The predicted octanol–water partition coefficient (Wildman–Crippen LogP) is 3.41. The summed E-state index contributed by atoms with van der Waals surface area (Å²) >= 11 is 3.53. The number of hydrogen-bond donors (Lipinski definition) is 2. The number of hydrogen-bond acceptors (Lipinski definition) is 5. The standard InChI is InChI=1S/C19H16BrFN6O2/c20-15-16(11-1-2-12(10-22)14(21)9-11)25-18(27-8-5-23-17(15)27)26-6-3-13(4-7-26)24-19(28)29/h1-2,5,8-9,13,24H,3-4,6-7H2,(H,28,29). The van der Waals surface area contributed by atoms with E-state index in [1.165, 1.54) is 12.1 Å². The first-order valence-corrected chi connectivity index (χ1v) is 9.74. The third-order valence-corrected chi connectivity index (χ3v) is 5.67. The molecule has 1 fully saturated rings. The molecule has 1 amide bonds. The molecule has 0 aliphatic carbocycles. The molecule has 0 bridgehead atoms. The summed E-state index contributed by atoms with van der Waals surface area (Å²) in [5.41, 5.74) is 1.66. The van der Waals surface area contributed by atoms with Gasteiger partial charge in [-0.3, -0.25) is 4.40 Å². The lowest BCUT2D eigenvalue weighted by Crippen LogP contribution is -2.45. The highest BCUT2D eigenvalue weighted by atomic mass is 79.9. The smallest absolute Gasteiger partial charge is 0.404 e. The lowest BCUT2D eigenvalue weighted by atomic mass is 10.1. The maximum absolute atomic E-state index is 14.2. The van der Waals surface area contributed by atoms with Crippen molar-refractivity contribution in [2.45, 2.75) is 18.9 Å². The van der Waals surface area contributed by atoms with E-state index in [4.69, 9.17) is 15.4 Å². The third-order valence-electron chi connectivity index (χ3n) is 4.94. The van der Waals surface area contributed by atoms with E-state index in [2.05, 4.69) is 31.1 Å². The van der Waals surface area contributed by atoms with Crippen LogP contribution in [0.15, 0.2) is 35.1 Å². The van der Waals surface area contributed by atoms with Crippen molar-refractivity contribution in [1.82, 2.24) is 19.7 Å². The minimum absolute atomic E-state index is 0.0278. The fourth-order valence-corrected chi connectivity index (χ4v) is 4.11. The molecule has 3 aromatic rings. The van der Waals surface area contributed by atoms with Gasteiger partial charge in [-0.1, -0.05) is 6.07 Å². The van der Waals surface area contributed by atoms with E-state index in [-0.39, 0.29) is 11.6 Å². The quantitative estimate of drug-likeness (QED) is 0.622. The molecule has 10 heteroatoms. The van der Waals surface area contributed by atoms with E-state index in [9.17, 15) is 9.18 Å². The summed E-state index contributed by atoms with van der Waals surface area (Å²) in [4.78, 5) is 22.1. The van der Waals surface area contributed by atoms with Crippen LogP contribution in [-0.4, -0.2) is 44.7 Å². The average molecular weight is 459 g/mol. The van der Waals surface area contributed by atoms with Crippen LogP contribution in [0.1, 0.15) is 18.4 Å². The SMILES string of the molecule is N#Cc1ccc(-c2nc(N3CCC(NC(=O)O)CC3)n3ccnc3c2Br)cc1F. The summed E-state index contributed by atoms with van der Waals surface area (Å²) in [5.74, 6) is 0.0401. The predicted molar refractivity (Wildman–Crippen MR) is 107 cm³/mol. The number of piperidine rings is 1. The van der Waals surface area contributed by atoms with Crippen molar-refractivity contribution < 1.29 is 14.3 Å². The normalized spacial score (nSPS) is 14.7. The molecule has 1 aromatic carbocycles. The lowest BCUT2D eigenvalue weighted by molar-refractivity contribution is 0.187. The highest BCUT2D eigenvalue weighted by Gasteiger charge is 2.25. The van der Waals surface area contributed by atoms with Crippen molar-refractivity contribution in [2.75, 3.05) is 18.0 Å². The topological polar surface area (TPSA) is 107 Å².